The van der Waals surface area contributed by atoms with E-state index in [-0.39, 0.29) is 30.5 Å². The van der Waals surface area contributed by atoms with Gasteiger partial charge in [-0.1, -0.05) is 94.4 Å². The highest BCUT2D eigenvalue weighted by Gasteiger charge is 2.32. The summed E-state index contributed by atoms with van der Waals surface area (Å²) in [6.45, 7) is 9.82. The Balaban J connectivity index is 1.96. The summed E-state index contributed by atoms with van der Waals surface area (Å²) >= 11 is 0. The molecular formula is C32H39FN2O3. The minimum atomic E-state index is -0.847. The van der Waals surface area contributed by atoms with Crippen molar-refractivity contribution in [1.29, 1.82) is 0 Å². The third kappa shape index (κ3) is 7.91. The van der Waals surface area contributed by atoms with Crippen LogP contribution in [0.4, 0.5) is 4.39 Å². The lowest BCUT2D eigenvalue weighted by atomic mass is 9.86. The molecule has 0 aliphatic heterocycles. The molecule has 0 aromatic heterocycles. The van der Waals surface area contributed by atoms with E-state index in [1.165, 1.54) is 11.0 Å². The molecule has 3 aromatic carbocycles. The van der Waals surface area contributed by atoms with Gasteiger partial charge in [0, 0.05) is 24.6 Å². The second-order valence-electron chi connectivity index (χ2n) is 10.7. The Bertz CT molecular complexity index is 1210. The molecular weight excluding hydrogens is 479 g/mol. The van der Waals surface area contributed by atoms with Crippen molar-refractivity contribution in [2.24, 2.45) is 0 Å². The van der Waals surface area contributed by atoms with Crippen LogP contribution in [0.5, 0.6) is 5.75 Å². The molecule has 3 rings (SSSR count). The van der Waals surface area contributed by atoms with Gasteiger partial charge in [0.15, 0.2) is 6.61 Å². The van der Waals surface area contributed by atoms with E-state index in [4.69, 9.17) is 4.74 Å². The molecule has 0 heterocycles. The van der Waals surface area contributed by atoms with Crippen molar-refractivity contribution in [3.8, 4) is 5.75 Å². The normalized spacial score (nSPS) is 12.9. The van der Waals surface area contributed by atoms with Crippen molar-refractivity contribution in [2.75, 3.05) is 6.61 Å². The Kier molecular flexibility index (Phi) is 10.1. The summed E-state index contributed by atoms with van der Waals surface area (Å²) in [5, 5.41) is 3.02. The summed E-state index contributed by atoms with van der Waals surface area (Å²) in [7, 11) is 0. The number of hydrogen-bond donors (Lipinski definition) is 1. The van der Waals surface area contributed by atoms with Crippen LogP contribution in [0.3, 0.4) is 0 Å². The number of carbonyl (C=O) groups is 2. The maximum absolute atomic E-state index is 14.7. The molecule has 0 aliphatic carbocycles. The molecule has 0 spiro atoms. The molecule has 0 bridgehead atoms. The molecule has 2 atom stereocenters. The fourth-order valence-corrected chi connectivity index (χ4v) is 4.24. The van der Waals surface area contributed by atoms with Crippen LogP contribution in [0.1, 0.15) is 57.7 Å². The van der Waals surface area contributed by atoms with Gasteiger partial charge < -0.3 is 15.0 Å². The first-order chi connectivity index (χ1) is 18.1. The van der Waals surface area contributed by atoms with Crippen molar-refractivity contribution in [2.45, 2.75) is 71.5 Å². The molecule has 5 nitrogen and oxygen atoms in total. The van der Waals surface area contributed by atoms with Gasteiger partial charge in [-0.2, -0.15) is 0 Å². The number of nitrogens with zero attached hydrogens (tertiary/aromatic N) is 1. The average molecular weight is 519 g/mol. The lowest BCUT2D eigenvalue weighted by Gasteiger charge is -2.32. The number of nitrogens with one attached hydrogen (secondary N) is 1. The predicted molar refractivity (Wildman–Crippen MR) is 149 cm³/mol. The van der Waals surface area contributed by atoms with Gasteiger partial charge in [-0.3, -0.25) is 9.59 Å². The van der Waals surface area contributed by atoms with Gasteiger partial charge in [0.25, 0.3) is 5.91 Å². The van der Waals surface area contributed by atoms with Crippen molar-refractivity contribution in [3.05, 3.63) is 101 Å². The predicted octanol–water partition coefficient (Wildman–Crippen LogP) is 6.06. The number of halogens is 1. The number of carbonyl (C=O) groups excluding carboxylic acids is 2. The van der Waals surface area contributed by atoms with Crippen LogP contribution in [-0.2, 0) is 28.0 Å². The summed E-state index contributed by atoms with van der Waals surface area (Å²) in [6, 6.07) is 22.6. The van der Waals surface area contributed by atoms with Gasteiger partial charge in [-0.15, -0.1) is 0 Å². The van der Waals surface area contributed by atoms with Crippen LogP contribution in [0.15, 0.2) is 78.9 Å². The monoisotopic (exact) mass is 518 g/mol. The van der Waals surface area contributed by atoms with Crippen LogP contribution < -0.4 is 10.1 Å². The van der Waals surface area contributed by atoms with Crippen molar-refractivity contribution in [1.82, 2.24) is 10.2 Å². The maximum atomic E-state index is 14.7. The smallest absolute Gasteiger partial charge is 0.261 e. The third-order valence-corrected chi connectivity index (χ3v) is 6.62. The highest BCUT2D eigenvalue weighted by molar-refractivity contribution is 5.88. The van der Waals surface area contributed by atoms with E-state index < -0.39 is 17.8 Å². The summed E-state index contributed by atoms with van der Waals surface area (Å²) < 4.78 is 20.8. The SMILES string of the molecule is CC[C@@H](C)NC(=O)[C@@H](Cc1ccccc1)N(Cc1ccccc1F)C(=O)COc1ccccc1C(C)(C)C. The second-order valence-corrected chi connectivity index (χ2v) is 10.7. The zero-order chi connectivity index (χ0) is 27.7. The second kappa shape index (κ2) is 13.2. The van der Waals surface area contributed by atoms with E-state index in [2.05, 4.69) is 26.1 Å². The molecule has 0 radical (unpaired) electrons. The van der Waals surface area contributed by atoms with E-state index >= 15 is 0 Å². The molecule has 0 saturated carbocycles. The molecule has 1 N–H and O–H groups in total. The first-order valence-corrected chi connectivity index (χ1v) is 13.2. The van der Waals surface area contributed by atoms with Gasteiger partial charge in [-0.05, 0) is 42.0 Å². The van der Waals surface area contributed by atoms with Gasteiger partial charge >= 0.3 is 0 Å². The van der Waals surface area contributed by atoms with Gasteiger partial charge in [-0.25, -0.2) is 4.39 Å². The van der Waals surface area contributed by atoms with Gasteiger partial charge in [0.1, 0.15) is 17.6 Å². The van der Waals surface area contributed by atoms with E-state index in [1.54, 1.807) is 18.2 Å². The summed E-state index contributed by atoms with van der Waals surface area (Å²) in [5.74, 6) is -0.479. The van der Waals surface area contributed by atoms with Crippen molar-refractivity contribution in [3.63, 3.8) is 0 Å². The number of para-hydroxylation sites is 1. The Morgan fingerprint density at radius 3 is 2.24 bits per heavy atom. The number of amides is 2. The van der Waals surface area contributed by atoms with Gasteiger partial charge in [0.2, 0.25) is 5.91 Å². The fourth-order valence-electron chi connectivity index (χ4n) is 4.24. The molecule has 38 heavy (non-hydrogen) atoms. The highest BCUT2D eigenvalue weighted by atomic mass is 19.1. The number of hydrogen-bond acceptors (Lipinski definition) is 3. The van der Waals surface area contributed by atoms with E-state index in [0.29, 0.717) is 17.7 Å². The van der Waals surface area contributed by atoms with Crippen LogP contribution in [0.25, 0.3) is 0 Å². The Morgan fingerprint density at radius 1 is 0.947 bits per heavy atom. The first-order valence-electron chi connectivity index (χ1n) is 13.2. The Morgan fingerprint density at radius 2 is 1.58 bits per heavy atom. The minimum absolute atomic E-state index is 0.0544. The Hall–Kier alpha value is -3.67. The van der Waals surface area contributed by atoms with Crippen LogP contribution in [-0.4, -0.2) is 35.4 Å². The highest BCUT2D eigenvalue weighted by Crippen LogP contribution is 2.31. The van der Waals surface area contributed by atoms with E-state index in [1.807, 2.05) is 68.4 Å². The zero-order valence-electron chi connectivity index (χ0n) is 23.0. The molecule has 0 unspecified atom stereocenters. The average Bonchev–Trinajstić information content (AvgIpc) is 2.90. The van der Waals surface area contributed by atoms with E-state index in [9.17, 15) is 14.0 Å². The lowest BCUT2D eigenvalue weighted by molar-refractivity contribution is -0.143. The van der Waals surface area contributed by atoms with Gasteiger partial charge in [0.05, 0.1) is 0 Å². The number of benzene rings is 3. The summed E-state index contributed by atoms with van der Waals surface area (Å²) in [6.07, 6.45) is 1.04. The quantitative estimate of drug-likeness (QED) is 0.336. The molecule has 0 saturated heterocycles. The largest absolute Gasteiger partial charge is 0.483 e. The van der Waals surface area contributed by atoms with Crippen LogP contribution in [0, 0.1) is 5.82 Å². The third-order valence-electron chi connectivity index (χ3n) is 6.62. The summed E-state index contributed by atoms with van der Waals surface area (Å²) in [4.78, 5) is 28.8. The van der Waals surface area contributed by atoms with Crippen molar-refractivity contribution >= 4 is 11.8 Å². The fraction of sp³-hybridized carbons (Fsp3) is 0.375. The Labute approximate surface area is 226 Å². The molecule has 0 aliphatic rings. The molecule has 3 aromatic rings. The number of rotatable bonds is 11. The first kappa shape index (κ1) is 28.9. The van der Waals surface area contributed by atoms with Crippen molar-refractivity contribution < 1.29 is 18.7 Å². The zero-order valence-corrected chi connectivity index (χ0v) is 23.0. The molecule has 6 heteroatoms. The number of ether oxygens (including phenoxy) is 1. The molecule has 202 valence electrons. The molecule has 2 amide bonds. The van der Waals surface area contributed by atoms with Crippen LogP contribution in [0.2, 0.25) is 0 Å². The standard InChI is InChI=1S/C32H39FN2O3/c1-6-23(2)34-31(37)28(20-24-14-8-7-9-15-24)35(21-25-16-10-12-18-27(25)33)30(36)22-38-29-19-13-11-17-26(29)32(3,4)5/h7-19,23,28H,6,20-22H2,1-5H3,(H,34,37)/t23-,28-/m1/s1. The minimum Gasteiger partial charge on any atom is -0.483 e. The van der Waals surface area contributed by atoms with Crippen LogP contribution >= 0.6 is 0 Å². The lowest BCUT2D eigenvalue weighted by Crippen LogP contribution is -2.53. The summed E-state index contributed by atoms with van der Waals surface area (Å²) in [5.41, 5.74) is 2.04. The molecule has 0 fully saturated rings. The topological polar surface area (TPSA) is 58.6 Å². The maximum Gasteiger partial charge on any atom is 0.261 e. The van der Waals surface area contributed by atoms with E-state index in [0.717, 1.165) is 17.5 Å².